The molecule has 4 heteroatoms. The maximum atomic E-state index is 11.4. The molecule has 0 aromatic heterocycles. The van der Waals surface area contributed by atoms with E-state index in [1.54, 1.807) is 32.2 Å². The van der Waals surface area contributed by atoms with E-state index < -0.39 is 6.10 Å². The van der Waals surface area contributed by atoms with E-state index in [1.807, 2.05) is 6.07 Å². The topological polar surface area (TPSA) is 58.6 Å². The van der Waals surface area contributed by atoms with Crippen molar-refractivity contribution in [2.75, 3.05) is 12.4 Å². The van der Waals surface area contributed by atoms with Gasteiger partial charge < -0.3 is 15.2 Å². The first-order valence-corrected chi connectivity index (χ1v) is 4.74. The summed E-state index contributed by atoms with van der Waals surface area (Å²) in [5.74, 6) is 0.381. The Kier molecular flexibility index (Phi) is 4.12. The Balaban J connectivity index is 2.67. The maximum absolute atomic E-state index is 11.4. The van der Waals surface area contributed by atoms with E-state index in [0.717, 1.165) is 0 Å². The monoisotopic (exact) mass is 209 g/mol. The van der Waals surface area contributed by atoms with E-state index in [2.05, 4.69) is 5.32 Å². The molecule has 0 aliphatic heterocycles. The summed E-state index contributed by atoms with van der Waals surface area (Å²) in [6.07, 6.45) is -0.558. The summed E-state index contributed by atoms with van der Waals surface area (Å²) < 4.78 is 5.07. The quantitative estimate of drug-likeness (QED) is 0.788. The molecule has 0 fully saturated rings. The highest BCUT2D eigenvalue weighted by molar-refractivity contribution is 5.92. The summed E-state index contributed by atoms with van der Waals surface area (Å²) in [6.45, 7) is 1.57. The lowest BCUT2D eigenvalue weighted by Crippen LogP contribution is -2.17. The highest BCUT2D eigenvalue weighted by atomic mass is 16.5. The number of benzene rings is 1. The summed E-state index contributed by atoms with van der Waals surface area (Å²) >= 11 is 0. The van der Waals surface area contributed by atoms with Crippen LogP contribution in [0.25, 0.3) is 0 Å². The number of methoxy groups -OCH3 is 1. The zero-order valence-corrected chi connectivity index (χ0v) is 8.86. The van der Waals surface area contributed by atoms with Crippen LogP contribution in [0.3, 0.4) is 0 Å². The number of amides is 1. The standard InChI is InChI=1S/C11H15NO3/c1-8(13)7-11(14)12-9-5-3-4-6-10(9)15-2/h3-6,8,13H,7H2,1-2H3,(H,12,14). The van der Waals surface area contributed by atoms with Crippen molar-refractivity contribution in [2.24, 2.45) is 0 Å². The van der Waals surface area contributed by atoms with Crippen molar-refractivity contribution in [1.29, 1.82) is 0 Å². The van der Waals surface area contributed by atoms with Gasteiger partial charge in [-0.25, -0.2) is 0 Å². The van der Waals surface area contributed by atoms with Crippen molar-refractivity contribution in [3.63, 3.8) is 0 Å². The highest BCUT2D eigenvalue weighted by Gasteiger charge is 2.08. The number of carbonyl (C=O) groups is 1. The molecular weight excluding hydrogens is 194 g/mol. The third kappa shape index (κ3) is 3.59. The van der Waals surface area contributed by atoms with Gasteiger partial charge in [0.05, 0.1) is 25.3 Å². The maximum Gasteiger partial charge on any atom is 0.227 e. The SMILES string of the molecule is COc1ccccc1NC(=O)CC(C)O. The first-order valence-electron chi connectivity index (χ1n) is 4.74. The fourth-order valence-corrected chi connectivity index (χ4v) is 1.22. The number of hydrogen-bond donors (Lipinski definition) is 2. The van der Waals surface area contributed by atoms with E-state index in [0.29, 0.717) is 11.4 Å². The summed E-state index contributed by atoms with van der Waals surface area (Å²) in [5.41, 5.74) is 0.616. The van der Waals surface area contributed by atoms with Gasteiger partial charge in [0.15, 0.2) is 0 Å². The summed E-state index contributed by atoms with van der Waals surface area (Å²) in [7, 11) is 1.54. The Morgan fingerprint density at radius 2 is 2.20 bits per heavy atom. The van der Waals surface area contributed by atoms with Gasteiger partial charge in [0.2, 0.25) is 5.91 Å². The second-order valence-electron chi connectivity index (χ2n) is 3.30. The molecule has 15 heavy (non-hydrogen) atoms. The molecule has 0 bridgehead atoms. The van der Waals surface area contributed by atoms with Crippen molar-refractivity contribution < 1.29 is 14.6 Å². The summed E-state index contributed by atoms with van der Waals surface area (Å²) in [6, 6.07) is 7.14. The van der Waals surface area contributed by atoms with Gasteiger partial charge >= 0.3 is 0 Å². The molecule has 1 aromatic carbocycles. The molecule has 1 atom stereocenters. The molecule has 0 spiro atoms. The van der Waals surface area contributed by atoms with E-state index in [1.165, 1.54) is 0 Å². The molecule has 0 aliphatic carbocycles. The molecule has 0 aliphatic rings. The van der Waals surface area contributed by atoms with E-state index in [-0.39, 0.29) is 12.3 Å². The Hall–Kier alpha value is -1.55. The van der Waals surface area contributed by atoms with Crippen LogP contribution in [-0.4, -0.2) is 24.2 Å². The first kappa shape index (κ1) is 11.5. The van der Waals surface area contributed by atoms with E-state index in [9.17, 15) is 4.79 Å². The molecule has 0 heterocycles. The number of carbonyl (C=O) groups excluding carboxylic acids is 1. The lowest BCUT2D eigenvalue weighted by atomic mass is 10.2. The van der Waals surface area contributed by atoms with Crippen LogP contribution in [0.5, 0.6) is 5.75 Å². The van der Waals surface area contributed by atoms with Crippen molar-refractivity contribution in [2.45, 2.75) is 19.4 Å². The van der Waals surface area contributed by atoms with Crippen LogP contribution in [0.4, 0.5) is 5.69 Å². The molecule has 0 saturated carbocycles. The summed E-state index contributed by atoms with van der Waals surface area (Å²) in [5, 5.41) is 11.7. The molecular formula is C11H15NO3. The second-order valence-corrected chi connectivity index (χ2v) is 3.30. The van der Waals surface area contributed by atoms with E-state index >= 15 is 0 Å². The number of nitrogens with one attached hydrogen (secondary N) is 1. The number of ether oxygens (including phenoxy) is 1. The van der Waals surface area contributed by atoms with Gasteiger partial charge in [-0.1, -0.05) is 12.1 Å². The van der Waals surface area contributed by atoms with Gasteiger partial charge in [0, 0.05) is 0 Å². The van der Waals surface area contributed by atoms with Gasteiger partial charge in [-0.3, -0.25) is 4.79 Å². The van der Waals surface area contributed by atoms with Gasteiger partial charge in [0.1, 0.15) is 5.75 Å². The Labute approximate surface area is 88.9 Å². The molecule has 1 rings (SSSR count). The van der Waals surface area contributed by atoms with Crippen molar-refractivity contribution in [1.82, 2.24) is 0 Å². The number of rotatable bonds is 4. The second kappa shape index (κ2) is 5.36. The van der Waals surface area contributed by atoms with Gasteiger partial charge in [0.25, 0.3) is 0 Å². The normalized spacial score (nSPS) is 11.9. The van der Waals surface area contributed by atoms with Gasteiger partial charge in [-0.05, 0) is 19.1 Å². The predicted molar refractivity (Wildman–Crippen MR) is 57.9 cm³/mol. The minimum absolute atomic E-state index is 0.0814. The fourth-order valence-electron chi connectivity index (χ4n) is 1.22. The van der Waals surface area contributed by atoms with Crippen LogP contribution >= 0.6 is 0 Å². The minimum Gasteiger partial charge on any atom is -0.495 e. The molecule has 2 N–H and O–H groups in total. The zero-order chi connectivity index (χ0) is 11.3. The highest BCUT2D eigenvalue weighted by Crippen LogP contribution is 2.23. The summed E-state index contributed by atoms with van der Waals surface area (Å²) in [4.78, 5) is 11.4. The Morgan fingerprint density at radius 1 is 1.53 bits per heavy atom. The molecule has 1 unspecified atom stereocenters. The molecule has 0 radical (unpaired) electrons. The minimum atomic E-state index is -0.639. The molecule has 4 nitrogen and oxygen atoms in total. The fraction of sp³-hybridized carbons (Fsp3) is 0.364. The average Bonchev–Trinajstić information content (AvgIpc) is 2.17. The van der Waals surface area contributed by atoms with E-state index in [4.69, 9.17) is 9.84 Å². The first-order chi connectivity index (χ1) is 7.13. The van der Waals surface area contributed by atoms with Crippen molar-refractivity contribution >= 4 is 11.6 Å². The predicted octanol–water partition coefficient (Wildman–Crippen LogP) is 1.40. The number of hydrogen-bond acceptors (Lipinski definition) is 3. The molecule has 0 saturated heterocycles. The lowest BCUT2D eigenvalue weighted by molar-refractivity contribution is -0.117. The third-order valence-electron chi connectivity index (χ3n) is 1.86. The molecule has 1 aromatic rings. The Bertz CT molecular complexity index is 336. The van der Waals surface area contributed by atoms with Crippen LogP contribution in [0.1, 0.15) is 13.3 Å². The third-order valence-corrected chi connectivity index (χ3v) is 1.86. The van der Waals surface area contributed by atoms with Crippen LogP contribution in [0.2, 0.25) is 0 Å². The van der Waals surface area contributed by atoms with Crippen LogP contribution in [0.15, 0.2) is 24.3 Å². The lowest BCUT2D eigenvalue weighted by Gasteiger charge is -2.10. The number of para-hydroxylation sites is 2. The average molecular weight is 209 g/mol. The van der Waals surface area contributed by atoms with Crippen LogP contribution in [0, 0.1) is 0 Å². The van der Waals surface area contributed by atoms with Crippen LogP contribution in [-0.2, 0) is 4.79 Å². The Morgan fingerprint density at radius 3 is 2.80 bits per heavy atom. The molecule has 1 amide bonds. The van der Waals surface area contributed by atoms with Gasteiger partial charge in [-0.2, -0.15) is 0 Å². The zero-order valence-electron chi connectivity index (χ0n) is 8.86. The van der Waals surface area contributed by atoms with Crippen molar-refractivity contribution in [3.05, 3.63) is 24.3 Å². The largest absolute Gasteiger partial charge is 0.495 e. The number of aliphatic hydroxyl groups is 1. The van der Waals surface area contributed by atoms with Crippen LogP contribution < -0.4 is 10.1 Å². The van der Waals surface area contributed by atoms with Crippen molar-refractivity contribution in [3.8, 4) is 5.75 Å². The van der Waals surface area contributed by atoms with Gasteiger partial charge in [-0.15, -0.1) is 0 Å². The molecule has 82 valence electrons. The smallest absolute Gasteiger partial charge is 0.227 e. The number of aliphatic hydroxyl groups excluding tert-OH is 1. The number of anilines is 1.